The van der Waals surface area contributed by atoms with Crippen LogP contribution in [-0.4, -0.2) is 14.2 Å². The van der Waals surface area contributed by atoms with E-state index in [0.29, 0.717) is 0 Å². The summed E-state index contributed by atoms with van der Waals surface area (Å²) in [4.78, 5) is 0. The summed E-state index contributed by atoms with van der Waals surface area (Å²) >= 11 is 0. The van der Waals surface area contributed by atoms with Crippen molar-refractivity contribution in [3.8, 4) is 0 Å². The maximum Gasteiger partial charge on any atom is 0.318 e. The predicted octanol–water partition coefficient (Wildman–Crippen LogP) is 7.71. The van der Waals surface area contributed by atoms with E-state index in [1.807, 2.05) is 6.08 Å². The average molecular weight is 363 g/mol. The summed E-state index contributed by atoms with van der Waals surface area (Å²) in [5.74, 6) is 0. The molecule has 0 aromatic rings. The molecule has 146 valence electrons. The van der Waals surface area contributed by atoms with E-state index < -0.39 is 8.25 Å². The van der Waals surface area contributed by atoms with Gasteiger partial charge in [0.25, 0.3) is 0 Å². The maximum absolute atomic E-state index is 9.92. The van der Waals surface area contributed by atoms with Gasteiger partial charge in [-0.1, -0.05) is 96.5 Å². The average Bonchev–Trinajstić information content (AvgIpc) is 2.62. The standard InChI is InChI=1S/C18H36.C2H7O3P/c1-3-5-7-9-11-13-15-17-18-16-14-12-10-8-6-4-2;1-4-6(3)5-2/h3H,1,4-18H2,2H3;6H,1-2H3. The first kappa shape index (κ1) is 26.1. The highest BCUT2D eigenvalue weighted by molar-refractivity contribution is 7.33. The monoisotopic (exact) mass is 362 g/mol. The van der Waals surface area contributed by atoms with Gasteiger partial charge in [-0.3, -0.25) is 4.57 Å². The molecule has 0 aliphatic heterocycles. The summed E-state index contributed by atoms with van der Waals surface area (Å²) in [7, 11) is 0.558. The van der Waals surface area contributed by atoms with Gasteiger partial charge in [0.1, 0.15) is 0 Å². The van der Waals surface area contributed by atoms with Gasteiger partial charge < -0.3 is 9.05 Å². The van der Waals surface area contributed by atoms with Crippen molar-refractivity contribution < 1.29 is 13.6 Å². The van der Waals surface area contributed by atoms with Gasteiger partial charge in [-0.25, -0.2) is 0 Å². The molecule has 0 spiro atoms. The molecule has 0 aromatic carbocycles. The molecule has 3 nitrogen and oxygen atoms in total. The van der Waals surface area contributed by atoms with Gasteiger partial charge >= 0.3 is 8.25 Å². The van der Waals surface area contributed by atoms with E-state index in [4.69, 9.17) is 0 Å². The highest BCUT2D eigenvalue weighted by Crippen LogP contribution is 2.18. The summed E-state index contributed by atoms with van der Waals surface area (Å²) in [6, 6.07) is 0. The predicted molar refractivity (Wildman–Crippen MR) is 108 cm³/mol. The number of allylic oxidation sites excluding steroid dienone is 1. The minimum atomic E-state index is -2.12. The summed E-state index contributed by atoms with van der Waals surface area (Å²) in [6.45, 7) is 6.05. The van der Waals surface area contributed by atoms with E-state index in [1.54, 1.807) is 0 Å². The van der Waals surface area contributed by atoms with E-state index in [-0.39, 0.29) is 0 Å². The number of hydrogen-bond donors (Lipinski definition) is 0. The van der Waals surface area contributed by atoms with Crippen LogP contribution >= 0.6 is 8.25 Å². The van der Waals surface area contributed by atoms with E-state index in [0.717, 1.165) is 0 Å². The lowest BCUT2D eigenvalue weighted by Gasteiger charge is -2.02. The molecule has 0 atom stereocenters. The van der Waals surface area contributed by atoms with Gasteiger partial charge in [0, 0.05) is 14.2 Å². The van der Waals surface area contributed by atoms with Crippen LogP contribution in [0, 0.1) is 0 Å². The molecule has 0 aliphatic carbocycles. The largest absolute Gasteiger partial charge is 0.318 e. The van der Waals surface area contributed by atoms with Crippen LogP contribution in [0.1, 0.15) is 103 Å². The quantitative estimate of drug-likeness (QED) is 0.151. The normalized spacial score (nSPS) is 10.5. The molecule has 0 saturated carbocycles. The summed E-state index contributed by atoms with van der Waals surface area (Å²) in [5, 5.41) is 0. The Labute approximate surface area is 152 Å². The van der Waals surface area contributed by atoms with Crippen molar-refractivity contribution in [3.05, 3.63) is 12.7 Å². The highest BCUT2D eigenvalue weighted by Gasteiger charge is 1.93. The molecule has 24 heavy (non-hydrogen) atoms. The molecule has 0 saturated heterocycles. The van der Waals surface area contributed by atoms with Crippen LogP contribution in [0.2, 0.25) is 0 Å². The Morgan fingerprint density at radius 1 is 0.708 bits per heavy atom. The molecule has 0 radical (unpaired) electrons. The zero-order valence-corrected chi connectivity index (χ0v) is 17.6. The Bertz CT molecular complexity index is 251. The van der Waals surface area contributed by atoms with Crippen molar-refractivity contribution in [3.63, 3.8) is 0 Å². The zero-order chi connectivity index (χ0) is 18.3. The van der Waals surface area contributed by atoms with Crippen molar-refractivity contribution >= 4 is 8.25 Å². The van der Waals surface area contributed by atoms with E-state index in [2.05, 4.69) is 22.6 Å². The molecule has 0 N–H and O–H groups in total. The van der Waals surface area contributed by atoms with Crippen molar-refractivity contribution in [2.45, 2.75) is 103 Å². The SMILES string of the molecule is C=CCCCCCCCCCCCCCCCC.CO[PH](=O)OC. The Morgan fingerprint density at radius 3 is 1.29 bits per heavy atom. The van der Waals surface area contributed by atoms with Crippen LogP contribution in [0.25, 0.3) is 0 Å². The lowest BCUT2D eigenvalue weighted by Crippen LogP contribution is -1.83. The first-order chi connectivity index (χ1) is 11.7. The molecule has 0 bridgehead atoms. The fourth-order valence-electron chi connectivity index (χ4n) is 2.57. The maximum atomic E-state index is 9.92. The molecule has 0 amide bonds. The summed E-state index contributed by atoms with van der Waals surface area (Å²) in [6.07, 6.45) is 23.5. The first-order valence-corrected chi connectivity index (χ1v) is 11.2. The second-order valence-electron chi connectivity index (χ2n) is 6.33. The first-order valence-electron chi connectivity index (χ1n) is 9.95. The minimum Gasteiger partial charge on any atom is -0.314 e. The van der Waals surface area contributed by atoms with Crippen molar-refractivity contribution in [1.29, 1.82) is 0 Å². The van der Waals surface area contributed by atoms with Gasteiger partial charge in [0.05, 0.1) is 0 Å². The van der Waals surface area contributed by atoms with Crippen molar-refractivity contribution in [1.82, 2.24) is 0 Å². The van der Waals surface area contributed by atoms with Crippen LogP contribution in [0.5, 0.6) is 0 Å². The Hall–Kier alpha value is -0.110. The van der Waals surface area contributed by atoms with E-state index in [1.165, 1.54) is 111 Å². The second-order valence-corrected chi connectivity index (χ2v) is 7.65. The molecular formula is C20H43O3P. The molecular weight excluding hydrogens is 319 g/mol. The molecule has 0 heterocycles. The highest BCUT2D eigenvalue weighted by atomic mass is 31.1. The second kappa shape index (κ2) is 25.1. The van der Waals surface area contributed by atoms with Crippen LogP contribution in [0.3, 0.4) is 0 Å². The van der Waals surface area contributed by atoms with Gasteiger partial charge in [-0.15, -0.1) is 6.58 Å². The Morgan fingerprint density at radius 2 is 1.04 bits per heavy atom. The summed E-state index contributed by atoms with van der Waals surface area (Å²) in [5.41, 5.74) is 0. The van der Waals surface area contributed by atoms with Crippen LogP contribution in [-0.2, 0) is 13.6 Å². The topological polar surface area (TPSA) is 35.5 Å². The molecule has 0 unspecified atom stereocenters. The molecule has 0 rings (SSSR count). The number of unbranched alkanes of at least 4 members (excludes halogenated alkanes) is 14. The Balaban J connectivity index is 0. The number of rotatable bonds is 17. The van der Waals surface area contributed by atoms with Gasteiger partial charge in [0.2, 0.25) is 0 Å². The molecule has 0 aromatic heterocycles. The van der Waals surface area contributed by atoms with Crippen LogP contribution in [0.15, 0.2) is 12.7 Å². The van der Waals surface area contributed by atoms with Crippen LogP contribution < -0.4 is 0 Å². The van der Waals surface area contributed by atoms with Crippen LogP contribution in [0.4, 0.5) is 0 Å². The van der Waals surface area contributed by atoms with Gasteiger partial charge in [-0.05, 0) is 12.8 Å². The van der Waals surface area contributed by atoms with E-state index >= 15 is 0 Å². The number of hydrogen-bond acceptors (Lipinski definition) is 3. The van der Waals surface area contributed by atoms with Crippen molar-refractivity contribution in [2.75, 3.05) is 14.2 Å². The van der Waals surface area contributed by atoms with Gasteiger partial charge in [-0.2, -0.15) is 0 Å². The minimum absolute atomic E-state index is 1.21. The van der Waals surface area contributed by atoms with Gasteiger partial charge in [0.15, 0.2) is 0 Å². The third-order valence-electron chi connectivity index (χ3n) is 4.10. The Kier molecular flexibility index (Phi) is 27.4. The molecule has 0 fully saturated rings. The summed E-state index contributed by atoms with van der Waals surface area (Å²) < 4.78 is 18.4. The third kappa shape index (κ3) is 26.8. The molecule has 0 aliphatic rings. The lowest BCUT2D eigenvalue weighted by molar-refractivity contribution is 0.302. The zero-order valence-electron chi connectivity index (χ0n) is 16.6. The van der Waals surface area contributed by atoms with Crippen molar-refractivity contribution in [2.24, 2.45) is 0 Å². The fraction of sp³-hybridized carbons (Fsp3) is 0.900. The third-order valence-corrected chi connectivity index (χ3v) is 4.76. The molecule has 4 heteroatoms. The fourth-order valence-corrected chi connectivity index (χ4v) is 2.73. The lowest BCUT2D eigenvalue weighted by atomic mass is 10.0. The smallest absolute Gasteiger partial charge is 0.314 e. The van der Waals surface area contributed by atoms with E-state index in [9.17, 15) is 4.57 Å².